The first-order valence-electron chi connectivity index (χ1n) is 9.78. The smallest absolute Gasteiger partial charge is 0.253 e. The zero-order valence-electron chi connectivity index (χ0n) is 16.3. The van der Waals surface area contributed by atoms with Crippen LogP contribution >= 0.6 is 0 Å². The maximum Gasteiger partial charge on any atom is 0.253 e. The summed E-state index contributed by atoms with van der Waals surface area (Å²) in [6.45, 7) is 1.23. The maximum atomic E-state index is 13.9. The van der Waals surface area contributed by atoms with Gasteiger partial charge in [0.2, 0.25) is 5.95 Å². The van der Waals surface area contributed by atoms with Crippen molar-refractivity contribution in [2.45, 2.75) is 18.8 Å². The van der Waals surface area contributed by atoms with E-state index in [1.54, 1.807) is 48.7 Å². The highest BCUT2D eigenvalue weighted by molar-refractivity contribution is 5.94. The first kappa shape index (κ1) is 19.5. The van der Waals surface area contributed by atoms with Crippen molar-refractivity contribution in [3.63, 3.8) is 0 Å². The van der Waals surface area contributed by atoms with Gasteiger partial charge in [-0.25, -0.2) is 14.4 Å². The molecule has 1 saturated heterocycles. The third kappa shape index (κ3) is 4.28. The molecule has 6 nitrogen and oxygen atoms in total. The van der Waals surface area contributed by atoms with Crippen LogP contribution in [-0.2, 0) is 0 Å². The van der Waals surface area contributed by atoms with Crippen molar-refractivity contribution in [2.75, 3.05) is 18.4 Å². The van der Waals surface area contributed by atoms with E-state index < -0.39 is 0 Å². The fraction of sp³-hybridized carbons (Fsp3) is 0.217. The van der Waals surface area contributed by atoms with Crippen molar-refractivity contribution in [3.05, 3.63) is 83.4 Å². The number of carbonyl (C=O) groups is 1. The molecule has 0 bridgehead atoms. The molecule has 0 unspecified atom stereocenters. The topological polar surface area (TPSA) is 81.9 Å². The molecule has 2 aromatic carbocycles. The summed E-state index contributed by atoms with van der Waals surface area (Å²) in [5, 5.41) is 11.8. The second-order valence-electron chi connectivity index (χ2n) is 7.19. The zero-order chi connectivity index (χ0) is 20.9. The quantitative estimate of drug-likeness (QED) is 0.707. The number of nitrogens with zero attached hydrogens (tertiary/aromatic N) is 4. The van der Waals surface area contributed by atoms with E-state index in [9.17, 15) is 9.18 Å². The number of carbonyl (C=O) groups excluding carboxylic acids is 1. The summed E-state index contributed by atoms with van der Waals surface area (Å²) in [6, 6.07) is 16.9. The number of likely N-dealkylation sites (tertiary alicyclic amines) is 1. The number of anilines is 2. The number of para-hydroxylation sites is 1. The third-order valence-electron chi connectivity index (χ3n) is 5.19. The van der Waals surface area contributed by atoms with E-state index in [2.05, 4.69) is 21.4 Å². The molecular formula is C23H20FN5O. The van der Waals surface area contributed by atoms with E-state index in [-0.39, 0.29) is 17.6 Å². The molecule has 150 valence electrons. The lowest BCUT2D eigenvalue weighted by Crippen LogP contribution is -2.39. The monoisotopic (exact) mass is 401 g/mol. The molecule has 0 spiro atoms. The summed E-state index contributed by atoms with van der Waals surface area (Å²) in [7, 11) is 0. The van der Waals surface area contributed by atoms with Gasteiger partial charge in [-0.1, -0.05) is 12.1 Å². The SMILES string of the molecule is N#Cc1ccc(C(=O)N2CCC[C@@H](c3ccnc(Nc4ccccc4F)n3)C2)cc1. The molecule has 4 rings (SSSR count). The summed E-state index contributed by atoms with van der Waals surface area (Å²) in [5.41, 5.74) is 2.23. The Balaban J connectivity index is 1.48. The molecular weight excluding hydrogens is 381 g/mol. The van der Waals surface area contributed by atoms with Gasteiger partial charge in [-0.2, -0.15) is 5.26 Å². The Hall–Kier alpha value is -3.79. The average Bonchev–Trinajstić information content (AvgIpc) is 2.80. The minimum Gasteiger partial charge on any atom is -0.338 e. The Morgan fingerprint density at radius 1 is 1.17 bits per heavy atom. The van der Waals surface area contributed by atoms with Gasteiger partial charge >= 0.3 is 0 Å². The molecule has 1 atom stereocenters. The van der Waals surface area contributed by atoms with Crippen LogP contribution in [0.2, 0.25) is 0 Å². The summed E-state index contributed by atoms with van der Waals surface area (Å²) < 4.78 is 13.9. The summed E-state index contributed by atoms with van der Waals surface area (Å²) in [5.74, 6) is -0.0234. The van der Waals surface area contributed by atoms with Crippen LogP contribution < -0.4 is 5.32 Å². The molecule has 0 radical (unpaired) electrons. The van der Waals surface area contributed by atoms with Gasteiger partial charge < -0.3 is 10.2 Å². The molecule has 0 aliphatic carbocycles. The number of nitrogens with one attached hydrogen (secondary N) is 1. The van der Waals surface area contributed by atoms with Gasteiger partial charge in [0.15, 0.2) is 0 Å². The van der Waals surface area contributed by atoms with Crippen LogP contribution in [0.5, 0.6) is 0 Å². The molecule has 1 aliphatic rings. The Morgan fingerprint density at radius 3 is 2.73 bits per heavy atom. The van der Waals surface area contributed by atoms with E-state index in [0.717, 1.165) is 18.5 Å². The molecule has 1 N–H and O–H groups in total. The van der Waals surface area contributed by atoms with Crippen LogP contribution in [0.3, 0.4) is 0 Å². The molecule has 1 aromatic heterocycles. The first-order chi connectivity index (χ1) is 14.6. The lowest BCUT2D eigenvalue weighted by atomic mass is 9.94. The van der Waals surface area contributed by atoms with Gasteiger partial charge in [0.05, 0.1) is 23.0 Å². The number of piperidine rings is 1. The Morgan fingerprint density at radius 2 is 1.97 bits per heavy atom. The van der Waals surface area contributed by atoms with Crippen molar-refractivity contribution in [3.8, 4) is 6.07 Å². The number of hydrogen-bond donors (Lipinski definition) is 1. The fourth-order valence-corrected chi connectivity index (χ4v) is 3.62. The molecule has 1 amide bonds. The normalized spacial score (nSPS) is 16.0. The van der Waals surface area contributed by atoms with Crippen molar-refractivity contribution in [1.29, 1.82) is 5.26 Å². The summed E-state index contributed by atoms with van der Waals surface area (Å²) in [6.07, 6.45) is 3.42. The predicted octanol–water partition coefficient (Wildman–Crippen LogP) is 4.25. The second kappa shape index (κ2) is 8.70. The number of rotatable bonds is 4. The Labute approximate surface area is 174 Å². The van der Waals surface area contributed by atoms with Gasteiger partial charge in [-0.15, -0.1) is 0 Å². The Bertz CT molecular complexity index is 1090. The number of amides is 1. The van der Waals surface area contributed by atoms with Crippen LogP contribution in [0, 0.1) is 17.1 Å². The van der Waals surface area contributed by atoms with E-state index in [4.69, 9.17) is 5.26 Å². The van der Waals surface area contributed by atoms with Crippen molar-refractivity contribution < 1.29 is 9.18 Å². The fourth-order valence-electron chi connectivity index (χ4n) is 3.62. The first-order valence-corrected chi connectivity index (χ1v) is 9.78. The molecule has 1 fully saturated rings. The predicted molar refractivity (Wildman–Crippen MR) is 111 cm³/mol. The second-order valence-corrected chi connectivity index (χ2v) is 7.19. The van der Waals surface area contributed by atoms with Crippen LogP contribution in [0.1, 0.15) is 40.4 Å². The van der Waals surface area contributed by atoms with Crippen molar-refractivity contribution in [1.82, 2.24) is 14.9 Å². The van der Waals surface area contributed by atoms with E-state index in [0.29, 0.717) is 35.9 Å². The van der Waals surface area contributed by atoms with E-state index in [1.165, 1.54) is 6.07 Å². The largest absolute Gasteiger partial charge is 0.338 e. The third-order valence-corrected chi connectivity index (χ3v) is 5.19. The minimum atomic E-state index is -0.372. The number of benzene rings is 2. The standard InChI is InChI=1S/C23H20FN5O/c24-19-5-1-2-6-21(19)28-23-26-12-11-20(27-23)18-4-3-13-29(15-18)22(30)17-9-7-16(14-25)8-10-17/h1-2,5-12,18H,3-4,13,15H2,(H,26,27,28)/t18-/m1/s1. The highest BCUT2D eigenvalue weighted by Crippen LogP contribution is 2.27. The molecule has 7 heteroatoms. The molecule has 30 heavy (non-hydrogen) atoms. The Kier molecular flexibility index (Phi) is 5.66. The van der Waals surface area contributed by atoms with Crippen molar-refractivity contribution in [2.24, 2.45) is 0 Å². The van der Waals surface area contributed by atoms with Crippen LogP contribution in [0.15, 0.2) is 60.8 Å². The molecule has 0 saturated carbocycles. The zero-order valence-corrected chi connectivity index (χ0v) is 16.3. The van der Waals surface area contributed by atoms with E-state index in [1.807, 2.05) is 11.0 Å². The number of aromatic nitrogens is 2. The van der Waals surface area contributed by atoms with Gasteiger partial charge in [-0.05, 0) is 55.3 Å². The van der Waals surface area contributed by atoms with Gasteiger partial charge in [0.1, 0.15) is 5.82 Å². The number of hydrogen-bond acceptors (Lipinski definition) is 5. The minimum absolute atomic E-state index is 0.0528. The molecule has 2 heterocycles. The van der Waals surface area contributed by atoms with Crippen molar-refractivity contribution >= 4 is 17.5 Å². The number of nitriles is 1. The van der Waals surface area contributed by atoms with Crippen LogP contribution in [0.4, 0.5) is 16.0 Å². The van der Waals surface area contributed by atoms with E-state index >= 15 is 0 Å². The highest BCUT2D eigenvalue weighted by atomic mass is 19.1. The highest BCUT2D eigenvalue weighted by Gasteiger charge is 2.26. The van der Waals surface area contributed by atoms with Gasteiger partial charge in [0, 0.05) is 30.8 Å². The summed E-state index contributed by atoms with van der Waals surface area (Å²) in [4.78, 5) is 23.5. The van der Waals surface area contributed by atoms with Gasteiger partial charge in [-0.3, -0.25) is 4.79 Å². The number of halogens is 1. The lowest BCUT2D eigenvalue weighted by Gasteiger charge is -2.32. The van der Waals surface area contributed by atoms with Crippen LogP contribution in [0.25, 0.3) is 0 Å². The van der Waals surface area contributed by atoms with Crippen LogP contribution in [-0.4, -0.2) is 33.9 Å². The molecule has 1 aliphatic heterocycles. The average molecular weight is 401 g/mol. The lowest BCUT2D eigenvalue weighted by molar-refractivity contribution is 0.0706. The van der Waals surface area contributed by atoms with Gasteiger partial charge in [0.25, 0.3) is 5.91 Å². The maximum absolute atomic E-state index is 13.9. The molecule has 3 aromatic rings. The summed E-state index contributed by atoms with van der Waals surface area (Å²) >= 11 is 0.